The number of hydrogen-bond acceptors (Lipinski definition) is 3. The van der Waals surface area contributed by atoms with Gasteiger partial charge < -0.3 is 10.2 Å². The second-order valence-corrected chi connectivity index (χ2v) is 5.63. The van der Waals surface area contributed by atoms with E-state index in [1.54, 1.807) is 17.0 Å². The summed E-state index contributed by atoms with van der Waals surface area (Å²) in [6, 6.07) is 9.12. The Balaban J connectivity index is 1.80. The third-order valence-electron chi connectivity index (χ3n) is 3.92. The number of ketones is 1. The van der Waals surface area contributed by atoms with Gasteiger partial charge in [0.05, 0.1) is 0 Å². The third kappa shape index (κ3) is 4.41. The third-order valence-corrected chi connectivity index (χ3v) is 3.92. The van der Waals surface area contributed by atoms with Crippen molar-refractivity contribution in [2.75, 3.05) is 13.1 Å². The molecule has 2 rings (SSSR count). The largest absolute Gasteiger partial charge is 0.354 e. The van der Waals surface area contributed by atoms with E-state index < -0.39 is 0 Å². The van der Waals surface area contributed by atoms with Crippen molar-refractivity contribution in [2.24, 2.45) is 0 Å². The van der Waals surface area contributed by atoms with Gasteiger partial charge in [-0.15, -0.1) is 0 Å². The number of carbonyl (C=O) groups excluding carboxylic acids is 3. The van der Waals surface area contributed by atoms with Crippen LogP contribution in [0.3, 0.4) is 0 Å². The fourth-order valence-electron chi connectivity index (χ4n) is 2.59. The van der Waals surface area contributed by atoms with Gasteiger partial charge in [0.2, 0.25) is 11.8 Å². The summed E-state index contributed by atoms with van der Waals surface area (Å²) in [7, 11) is 0. The van der Waals surface area contributed by atoms with Crippen molar-refractivity contribution < 1.29 is 14.4 Å². The molecule has 0 aromatic heterocycles. The Bertz CT molecular complexity index is 542. The zero-order chi connectivity index (χ0) is 15.9. The SMILES string of the molecule is C[C@@H]1CNC(=O)CCN1C(=O)CCCC(=O)c1ccccc1. The Morgan fingerprint density at radius 1 is 1.23 bits per heavy atom. The maximum atomic E-state index is 12.3. The zero-order valence-corrected chi connectivity index (χ0v) is 12.9. The summed E-state index contributed by atoms with van der Waals surface area (Å²) in [5.41, 5.74) is 0.688. The van der Waals surface area contributed by atoms with E-state index in [1.807, 2.05) is 25.1 Å². The predicted octanol–water partition coefficient (Wildman–Crippen LogP) is 1.78. The van der Waals surface area contributed by atoms with Crippen LogP contribution in [0, 0.1) is 0 Å². The second kappa shape index (κ2) is 7.73. The van der Waals surface area contributed by atoms with Crippen LogP contribution in [0.25, 0.3) is 0 Å². The van der Waals surface area contributed by atoms with Gasteiger partial charge in [-0.3, -0.25) is 14.4 Å². The summed E-state index contributed by atoms with van der Waals surface area (Å²) in [5, 5.41) is 2.79. The molecular weight excluding hydrogens is 280 g/mol. The molecule has 0 aliphatic carbocycles. The Hall–Kier alpha value is -2.17. The maximum Gasteiger partial charge on any atom is 0.222 e. The maximum absolute atomic E-state index is 12.3. The number of carbonyl (C=O) groups is 3. The van der Waals surface area contributed by atoms with Gasteiger partial charge in [-0.1, -0.05) is 30.3 Å². The summed E-state index contributed by atoms with van der Waals surface area (Å²) in [4.78, 5) is 37.4. The number of Topliss-reactive ketones (excluding diaryl/α,β-unsaturated/α-hetero) is 1. The summed E-state index contributed by atoms with van der Waals surface area (Å²) >= 11 is 0. The van der Waals surface area contributed by atoms with Crippen LogP contribution in [0.15, 0.2) is 30.3 Å². The van der Waals surface area contributed by atoms with Crippen LogP contribution < -0.4 is 5.32 Å². The zero-order valence-electron chi connectivity index (χ0n) is 12.9. The average Bonchev–Trinajstić information content (AvgIpc) is 2.69. The smallest absolute Gasteiger partial charge is 0.222 e. The number of nitrogens with zero attached hydrogens (tertiary/aromatic N) is 1. The van der Waals surface area contributed by atoms with Crippen molar-refractivity contribution in [2.45, 2.75) is 38.6 Å². The fourth-order valence-corrected chi connectivity index (χ4v) is 2.59. The lowest BCUT2D eigenvalue weighted by Gasteiger charge is -2.26. The van der Waals surface area contributed by atoms with Crippen LogP contribution in [0.1, 0.15) is 43.0 Å². The van der Waals surface area contributed by atoms with Crippen LogP contribution >= 0.6 is 0 Å². The lowest BCUT2D eigenvalue weighted by atomic mass is 10.1. The molecule has 118 valence electrons. The molecule has 5 heteroatoms. The summed E-state index contributed by atoms with van der Waals surface area (Å²) in [6.07, 6.45) is 1.60. The number of hydrogen-bond donors (Lipinski definition) is 1. The standard InChI is InChI=1S/C17H22N2O3/c1-13-12-18-16(21)10-11-19(13)17(22)9-5-8-15(20)14-6-3-2-4-7-14/h2-4,6-7,13H,5,8-12H2,1H3,(H,18,21)/t13-/m1/s1. The van der Waals surface area contributed by atoms with Gasteiger partial charge in [0, 0.05) is 44.0 Å². The predicted molar refractivity (Wildman–Crippen MR) is 83.4 cm³/mol. The van der Waals surface area contributed by atoms with E-state index in [0.717, 1.165) is 0 Å². The van der Waals surface area contributed by atoms with Gasteiger partial charge in [-0.2, -0.15) is 0 Å². The minimum absolute atomic E-state index is 0.00350. The minimum atomic E-state index is -0.0126. The van der Waals surface area contributed by atoms with Crippen LogP contribution in [0.2, 0.25) is 0 Å². The Kier molecular flexibility index (Phi) is 5.69. The molecule has 1 N–H and O–H groups in total. The molecule has 5 nitrogen and oxygen atoms in total. The highest BCUT2D eigenvalue weighted by Gasteiger charge is 2.24. The number of benzene rings is 1. The van der Waals surface area contributed by atoms with Gasteiger partial charge in [-0.05, 0) is 13.3 Å². The molecule has 2 amide bonds. The first kappa shape index (κ1) is 16.2. The first-order chi connectivity index (χ1) is 10.6. The highest BCUT2D eigenvalue weighted by molar-refractivity contribution is 5.96. The molecule has 22 heavy (non-hydrogen) atoms. The van der Waals surface area contributed by atoms with Crippen LogP contribution in [0.4, 0.5) is 0 Å². The van der Waals surface area contributed by atoms with Gasteiger partial charge in [0.25, 0.3) is 0 Å². The lowest BCUT2D eigenvalue weighted by molar-refractivity contribution is -0.133. The van der Waals surface area contributed by atoms with Crippen LogP contribution in [-0.4, -0.2) is 41.6 Å². The molecule has 1 aliphatic rings. The van der Waals surface area contributed by atoms with Crippen molar-refractivity contribution in [3.05, 3.63) is 35.9 Å². The number of amides is 2. The molecule has 0 radical (unpaired) electrons. The van der Waals surface area contributed by atoms with Crippen LogP contribution in [0.5, 0.6) is 0 Å². The van der Waals surface area contributed by atoms with E-state index in [4.69, 9.17) is 0 Å². The molecule has 1 heterocycles. The van der Waals surface area contributed by atoms with Crippen molar-refractivity contribution in [1.29, 1.82) is 0 Å². The normalized spacial score (nSPS) is 18.5. The van der Waals surface area contributed by atoms with Gasteiger partial charge in [0.1, 0.15) is 0 Å². The van der Waals surface area contributed by atoms with Gasteiger partial charge in [0.15, 0.2) is 5.78 Å². The number of rotatable bonds is 5. The molecule has 0 unspecified atom stereocenters. The summed E-state index contributed by atoms with van der Waals surface area (Å²) < 4.78 is 0. The van der Waals surface area contributed by atoms with E-state index in [0.29, 0.717) is 44.3 Å². The van der Waals surface area contributed by atoms with E-state index in [1.165, 1.54) is 0 Å². The van der Waals surface area contributed by atoms with Crippen molar-refractivity contribution in [3.8, 4) is 0 Å². The van der Waals surface area contributed by atoms with Gasteiger partial charge in [-0.25, -0.2) is 0 Å². The minimum Gasteiger partial charge on any atom is -0.354 e. The van der Waals surface area contributed by atoms with Crippen molar-refractivity contribution in [3.63, 3.8) is 0 Å². The molecule has 0 bridgehead atoms. The van der Waals surface area contributed by atoms with E-state index in [-0.39, 0.29) is 23.6 Å². The number of nitrogens with one attached hydrogen (secondary N) is 1. The molecule has 1 atom stereocenters. The highest BCUT2D eigenvalue weighted by atomic mass is 16.2. The molecule has 0 saturated carbocycles. The Labute approximate surface area is 130 Å². The van der Waals surface area contributed by atoms with Crippen molar-refractivity contribution >= 4 is 17.6 Å². The average molecular weight is 302 g/mol. The van der Waals surface area contributed by atoms with E-state index in [9.17, 15) is 14.4 Å². The highest BCUT2D eigenvalue weighted by Crippen LogP contribution is 2.11. The topological polar surface area (TPSA) is 66.5 Å². The van der Waals surface area contributed by atoms with Gasteiger partial charge >= 0.3 is 0 Å². The fraction of sp³-hybridized carbons (Fsp3) is 0.471. The molecule has 1 aliphatic heterocycles. The first-order valence-corrected chi connectivity index (χ1v) is 7.72. The Morgan fingerprint density at radius 3 is 2.68 bits per heavy atom. The van der Waals surface area contributed by atoms with E-state index in [2.05, 4.69) is 5.32 Å². The monoisotopic (exact) mass is 302 g/mol. The van der Waals surface area contributed by atoms with E-state index >= 15 is 0 Å². The molecule has 0 spiro atoms. The van der Waals surface area contributed by atoms with Crippen molar-refractivity contribution in [1.82, 2.24) is 10.2 Å². The second-order valence-electron chi connectivity index (χ2n) is 5.63. The summed E-state index contributed by atoms with van der Waals surface area (Å²) in [6.45, 7) is 2.88. The molecule has 1 aromatic carbocycles. The molecule has 1 saturated heterocycles. The van der Waals surface area contributed by atoms with Crippen LogP contribution in [-0.2, 0) is 9.59 Å². The molecule has 1 fully saturated rings. The molecule has 1 aromatic rings. The lowest BCUT2D eigenvalue weighted by Crippen LogP contribution is -2.41. The quantitative estimate of drug-likeness (QED) is 0.843. The molecular formula is C17H22N2O3. The Morgan fingerprint density at radius 2 is 1.95 bits per heavy atom. The summed E-state index contributed by atoms with van der Waals surface area (Å²) in [5.74, 6) is 0.0698. The first-order valence-electron chi connectivity index (χ1n) is 7.72.